The molecule has 2 heterocycles. The first-order valence-electron chi connectivity index (χ1n) is 10.1. The van der Waals surface area contributed by atoms with Gasteiger partial charge in [-0.05, 0) is 55.9 Å². The van der Waals surface area contributed by atoms with Crippen LogP contribution in [0.15, 0.2) is 12.3 Å². The summed E-state index contributed by atoms with van der Waals surface area (Å²) in [6, 6.07) is 1.70. The zero-order valence-corrected chi connectivity index (χ0v) is 15.7. The quantitative estimate of drug-likeness (QED) is 0.900. The Morgan fingerprint density at radius 2 is 2.12 bits per heavy atom. The molecule has 2 unspecified atom stereocenters. The summed E-state index contributed by atoms with van der Waals surface area (Å²) >= 11 is 0. The molecular weight excluding hydrogens is 328 g/mol. The van der Waals surface area contributed by atoms with E-state index in [0.29, 0.717) is 29.5 Å². The summed E-state index contributed by atoms with van der Waals surface area (Å²) in [5.74, 6) is 0.955. The Bertz CT molecular complexity index is 653. The van der Waals surface area contributed by atoms with Gasteiger partial charge in [0.1, 0.15) is 5.69 Å². The fourth-order valence-corrected chi connectivity index (χ4v) is 5.28. The Balaban J connectivity index is 1.29. The number of hydrogen-bond donors (Lipinski definition) is 1. The van der Waals surface area contributed by atoms with Crippen LogP contribution in [0.1, 0.15) is 61.9 Å². The molecule has 0 bridgehead atoms. The normalized spacial score (nSPS) is 27.3. The van der Waals surface area contributed by atoms with Gasteiger partial charge in [0.05, 0.1) is 0 Å². The van der Waals surface area contributed by atoms with Crippen LogP contribution in [-0.4, -0.2) is 58.5 Å². The molecular formula is C20H30N4O2. The summed E-state index contributed by atoms with van der Waals surface area (Å²) in [6.07, 6.45) is 11.3. The fourth-order valence-electron chi connectivity index (χ4n) is 5.28. The Hall–Kier alpha value is -1.85. The highest BCUT2D eigenvalue weighted by Gasteiger charge is 2.44. The largest absolute Gasteiger partial charge is 0.342 e. The third-order valence-electron chi connectivity index (χ3n) is 6.91. The minimum Gasteiger partial charge on any atom is -0.342 e. The number of H-pyrrole nitrogens is 1. The smallest absolute Gasteiger partial charge is 0.271 e. The number of rotatable bonds is 4. The number of amides is 2. The zero-order valence-electron chi connectivity index (χ0n) is 15.7. The zero-order chi connectivity index (χ0) is 18.1. The molecule has 3 aliphatic rings. The second-order valence-electron chi connectivity index (χ2n) is 8.74. The molecule has 1 aromatic heterocycles. The molecule has 2 amide bonds. The van der Waals surface area contributed by atoms with Gasteiger partial charge in [0.15, 0.2) is 0 Å². The monoisotopic (exact) mass is 358 g/mol. The van der Waals surface area contributed by atoms with Crippen molar-refractivity contribution in [2.24, 2.45) is 17.3 Å². The van der Waals surface area contributed by atoms with E-state index in [1.54, 1.807) is 17.2 Å². The molecule has 142 valence electrons. The van der Waals surface area contributed by atoms with Gasteiger partial charge in [0.25, 0.3) is 5.91 Å². The summed E-state index contributed by atoms with van der Waals surface area (Å²) in [6.45, 7) is 2.33. The number of nitrogens with zero attached hydrogens (tertiary/aromatic N) is 3. The summed E-state index contributed by atoms with van der Waals surface area (Å²) in [5, 5.41) is 6.57. The molecule has 1 N–H and O–H groups in total. The van der Waals surface area contributed by atoms with Crippen LogP contribution in [0.2, 0.25) is 0 Å². The highest BCUT2D eigenvalue weighted by Crippen LogP contribution is 2.53. The summed E-state index contributed by atoms with van der Waals surface area (Å²) in [7, 11) is 1.83. The third-order valence-corrected chi connectivity index (χ3v) is 6.91. The van der Waals surface area contributed by atoms with Gasteiger partial charge in [-0.15, -0.1) is 0 Å². The molecule has 2 saturated carbocycles. The van der Waals surface area contributed by atoms with E-state index in [2.05, 4.69) is 15.1 Å². The van der Waals surface area contributed by atoms with E-state index in [1.807, 2.05) is 7.05 Å². The van der Waals surface area contributed by atoms with Crippen LogP contribution in [0.25, 0.3) is 0 Å². The summed E-state index contributed by atoms with van der Waals surface area (Å²) in [5.41, 5.74) is 1.03. The van der Waals surface area contributed by atoms with Gasteiger partial charge < -0.3 is 9.80 Å². The van der Waals surface area contributed by atoms with Gasteiger partial charge in [0, 0.05) is 38.8 Å². The first-order valence-corrected chi connectivity index (χ1v) is 10.1. The molecule has 0 radical (unpaired) electrons. The first-order chi connectivity index (χ1) is 12.6. The number of carbonyl (C=O) groups excluding carboxylic acids is 2. The lowest BCUT2D eigenvalue weighted by Crippen LogP contribution is -2.42. The van der Waals surface area contributed by atoms with Gasteiger partial charge in [0.2, 0.25) is 5.91 Å². The van der Waals surface area contributed by atoms with Crippen molar-refractivity contribution in [3.8, 4) is 0 Å². The Morgan fingerprint density at radius 3 is 2.81 bits per heavy atom. The number of hydrogen-bond acceptors (Lipinski definition) is 3. The number of nitrogens with one attached hydrogen (secondary N) is 1. The predicted molar refractivity (Wildman–Crippen MR) is 98.5 cm³/mol. The maximum atomic E-state index is 13.0. The lowest BCUT2D eigenvalue weighted by molar-refractivity contribution is -0.138. The number of carbonyl (C=O) groups is 2. The Kier molecular flexibility index (Phi) is 4.76. The van der Waals surface area contributed by atoms with Gasteiger partial charge >= 0.3 is 0 Å². The SMILES string of the molecule is CN(CC1CCN(C(=O)C2CCCC3(CCC3)C2)C1)C(=O)c1ccn[nH]1. The van der Waals surface area contributed by atoms with E-state index in [1.165, 1.54) is 32.1 Å². The van der Waals surface area contributed by atoms with Crippen LogP contribution in [0, 0.1) is 17.3 Å². The third kappa shape index (κ3) is 3.38. The van der Waals surface area contributed by atoms with E-state index >= 15 is 0 Å². The molecule has 1 saturated heterocycles. The Labute approximate surface area is 155 Å². The number of aromatic nitrogens is 2. The molecule has 26 heavy (non-hydrogen) atoms. The van der Waals surface area contributed by atoms with Gasteiger partial charge in [-0.1, -0.05) is 12.8 Å². The second-order valence-corrected chi connectivity index (χ2v) is 8.74. The highest BCUT2D eigenvalue weighted by atomic mass is 16.2. The van der Waals surface area contributed by atoms with Crippen molar-refractivity contribution in [3.05, 3.63) is 18.0 Å². The van der Waals surface area contributed by atoms with E-state index in [0.717, 1.165) is 32.4 Å². The molecule has 4 rings (SSSR count). The van der Waals surface area contributed by atoms with Crippen molar-refractivity contribution < 1.29 is 9.59 Å². The van der Waals surface area contributed by atoms with E-state index in [9.17, 15) is 9.59 Å². The van der Waals surface area contributed by atoms with Crippen molar-refractivity contribution >= 4 is 11.8 Å². The maximum absolute atomic E-state index is 13.0. The predicted octanol–water partition coefficient (Wildman–Crippen LogP) is 2.69. The molecule has 2 atom stereocenters. The minimum atomic E-state index is -0.0357. The maximum Gasteiger partial charge on any atom is 0.271 e. The Morgan fingerprint density at radius 1 is 1.31 bits per heavy atom. The van der Waals surface area contributed by atoms with Crippen molar-refractivity contribution in [1.82, 2.24) is 20.0 Å². The minimum absolute atomic E-state index is 0.0357. The first kappa shape index (κ1) is 17.6. The summed E-state index contributed by atoms with van der Waals surface area (Å²) < 4.78 is 0. The molecule has 1 spiro atoms. The fraction of sp³-hybridized carbons (Fsp3) is 0.750. The van der Waals surface area contributed by atoms with Crippen LogP contribution in [-0.2, 0) is 4.79 Å². The second kappa shape index (κ2) is 7.05. The average molecular weight is 358 g/mol. The molecule has 6 nitrogen and oxygen atoms in total. The average Bonchev–Trinajstić information content (AvgIpc) is 3.31. The standard InChI is InChI=1S/C20H30N4O2/c1-23(19(26)17-5-10-21-22-17)13-15-6-11-24(14-15)18(25)16-4-2-7-20(12-16)8-3-9-20/h5,10,15-16H,2-4,6-9,11-14H2,1H3,(H,21,22). The van der Waals surface area contributed by atoms with Crippen molar-refractivity contribution in [1.29, 1.82) is 0 Å². The van der Waals surface area contributed by atoms with E-state index < -0.39 is 0 Å². The van der Waals surface area contributed by atoms with Gasteiger partial charge in [-0.25, -0.2) is 0 Å². The molecule has 0 aromatic carbocycles. The molecule has 3 fully saturated rings. The van der Waals surface area contributed by atoms with Crippen LogP contribution in [0.4, 0.5) is 0 Å². The van der Waals surface area contributed by atoms with Crippen LogP contribution < -0.4 is 0 Å². The molecule has 6 heteroatoms. The molecule has 2 aliphatic carbocycles. The van der Waals surface area contributed by atoms with Crippen LogP contribution >= 0.6 is 0 Å². The van der Waals surface area contributed by atoms with Crippen LogP contribution in [0.5, 0.6) is 0 Å². The molecule has 1 aromatic rings. The highest BCUT2D eigenvalue weighted by molar-refractivity contribution is 5.92. The summed E-state index contributed by atoms with van der Waals surface area (Å²) in [4.78, 5) is 29.2. The van der Waals surface area contributed by atoms with E-state index in [4.69, 9.17) is 0 Å². The lowest BCUT2D eigenvalue weighted by Gasteiger charge is -2.47. The van der Waals surface area contributed by atoms with Gasteiger partial charge in [-0.3, -0.25) is 14.7 Å². The van der Waals surface area contributed by atoms with Crippen molar-refractivity contribution in [3.63, 3.8) is 0 Å². The van der Waals surface area contributed by atoms with Crippen molar-refractivity contribution in [2.45, 2.75) is 51.4 Å². The number of aromatic amines is 1. The van der Waals surface area contributed by atoms with Crippen molar-refractivity contribution in [2.75, 3.05) is 26.7 Å². The van der Waals surface area contributed by atoms with Gasteiger partial charge in [-0.2, -0.15) is 5.10 Å². The molecule has 1 aliphatic heterocycles. The number of likely N-dealkylation sites (tertiary alicyclic amines) is 1. The topological polar surface area (TPSA) is 69.3 Å². The lowest BCUT2D eigenvalue weighted by atomic mass is 9.58. The van der Waals surface area contributed by atoms with Crippen LogP contribution in [0.3, 0.4) is 0 Å². The van der Waals surface area contributed by atoms with E-state index in [-0.39, 0.29) is 11.8 Å².